The van der Waals surface area contributed by atoms with E-state index in [4.69, 9.17) is 5.26 Å². The third-order valence-corrected chi connectivity index (χ3v) is 6.44. The van der Waals surface area contributed by atoms with Gasteiger partial charge in [-0.3, -0.25) is 9.59 Å². The molecular weight excluding hydrogens is 426 g/mol. The molecular formula is C20H20BrN3O2S. The molecule has 0 aliphatic heterocycles. The Morgan fingerprint density at radius 2 is 1.89 bits per heavy atom. The van der Waals surface area contributed by atoms with E-state index >= 15 is 0 Å². The molecule has 0 unspecified atom stereocenters. The summed E-state index contributed by atoms with van der Waals surface area (Å²) in [6, 6.07) is 13.3. The van der Waals surface area contributed by atoms with Crippen molar-refractivity contribution in [1.29, 1.82) is 5.26 Å². The van der Waals surface area contributed by atoms with Gasteiger partial charge in [0, 0.05) is 16.5 Å². The molecule has 3 rings (SSSR count). The van der Waals surface area contributed by atoms with Crippen molar-refractivity contribution in [3.05, 3.63) is 45.7 Å². The monoisotopic (exact) mass is 445 g/mol. The maximum atomic E-state index is 12.6. The average molecular weight is 446 g/mol. The number of nitrogens with one attached hydrogen (secondary N) is 2. The molecule has 1 aromatic carbocycles. The zero-order valence-electron chi connectivity index (χ0n) is 14.7. The Labute approximate surface area is 170 Å². The van der Waals surface area contributed by atoms with Crippen molar-refractivity contribution in [2.75, 3.05) is 6.54 Å². The van der Waals surface area contributed by atoms with E-state index in [-0.39, 0.29) is 30.3 Å². The molecule has 2 amide bonds. The lowest BCUT2D eigenvalue weighted by atomic mass is 9.83. The Bertz CT molecular complexity index is 857. The van der Waals surface area contributed by atoms with Crippen molar-refractivity contribution in [3.63, 3.8) is 0 Å². The highest BCUT2D eigenvalue weighted by Crippen LogP contribution is 2.31. The van der Waals surface area contributed by atoms with E-state index < -0.39 is 0 Å². The molecule has 0 radical (unpaired) electrons. The SMILES string of the molecule is N#CCNC(=O)[C@@H]1CCCC[C@@H]1NC(=O)c1ccc(-c2ccc(Br)s2)cc1. The highest BCUT2D eigenvalue weighted by molar-refractivity contribution is 9.11. The second kappa shape index (κ2) is 9.16. The minimum absolute atomic E-state index is 0.00367. The van der Waals surface area contributed by atoms with Gasteiger partial charge in [-0.05, 0) is 58.6 Å². The van der Waals surface area contributed by atoms with Crippen LogP contribution in [0.4, 0.5) is 0 Å². The number of nitrogens with zero attached hydrogens (tertiary/aromatic N) is 1. The molecule has 1 aliphatic rings. The van der Waals surface area contributed by atoms with Gasteiger partial charge in [0.1, 0.15) is 6.54 Å². The van der Waals surface area contributed by atoms with Crippen molar-refractivity contribution in [1.82, 2.24) is 10.6 Å². The third-order valence-electron chi connectivity index (χ3n) is 4.77. The van der Waals surface area contributed by atoms with Gasteiger partial charge in [-0.25, -0.2) is 0 Å². The first-order valence-corrected chi connectivity index (χ1v) is 10.5. The Morgan fingerprint density at radius 3 is 2.56 bits per heavy atom. The summed E-state index contributed by atoms with van der Waals surface area (Å²) in [4.78, 5) is 26.1. The van der Waals surface area contributed by atoms with Crippen molar-refractivity contribution in [3.8, 4) is 16.5 Å². The average Bonchev–Trinajstić information content (AvgIpc) is 3.13. The molecule has 27 heavy (non-hydrogen) atoms. The summed E-state index contributed by atoms with van der Waals surface area (Å²) in [5, 5.41) is 14.3. The van der Waals surface area contributed by atoms with Gasteiger partial charge < -0.3 is 10.6 Å². The normalized spacial score (nSPS) is 19.1. The lowest BCUT2D eigenvalue weighted by Crippen LogP contribution is -2.48. The smallest absolute Gasteiger partial charge is 0.251 e. The van der Waals surface area contributed by atoms with Crippen LogP contribution < -0.4 is 10.6 Å². The molecule has 0 spiro atoms. The van der Waals surface area contributed by atoms with Gasteiger partial charge >= 0.3 is 0 Å². The van der Waals surface area contributed by atoms with Gasteiger partial charge in [0.2, 0.25) is 5.91 Å². The Hall–Kier alpha value is -2.17. The van der Waals surface area contributed by atoms with Gasteiger partial charge in [0.15, 0.2) is 0 Å². The van der Waals surface area contributed by atoms with Crippen LogP contribution in [0.1, 0.15) is 36.0 Å². The molecule has 2 aromatic rings. The number of benzene rings is 1. The minimum Gasteiger partial charge on any atom is -0.349 e. The predicted octanol–water partition coefficient (Wildman–Crippen LogP) is 4.11. The quantitative estimate of drug-likeness (QED) is 0.679. The Balaban J connectivity index is 1.66. The van der Waals surface area contributed by atoms with E-state index in [0.717, 1.165) is 39.9 Å². The van der Waals surface area contributed by atoms with Crippen LogP contribution in [0.25, 0.3) is 10.4 Å². The zero-order valence-corrected chi connectivity index (χ0v) is 17.1. The summed E-state index contributed by atoms with van der Waals surface area (Å²) in [6.07, 6.45) is 3.45. The van der Waals surface area contributed by atoms with Crippen LogP contribution in [-0.2, 0) is 4.79 Å². The fraction of sp³-hybridized carbons (Fsp3) is 0.350. The third kappa shape index (κ3) is 4.96. The van der Waals surface area contributed by atoms with Crippen LogP contribution in [0.3, 0.4) is 0 Å². The van der Waals surface area contributed by atoms with E-state index in [1.54, 1.807) is 11.3 Å². The summed E-state index contributed by atoms with van der Waals surface area (Å²) < 4.78 is 1.07. The zero-order chi connectivity index (χ0) is 19.2. The van der Waals surface area contributed by atoms with Gasteiger partial charge in [0.05, 0.1) is 15.8 Å². The predicted molar refractivity (Wildman–Crippen MR) is 109 cm³/mol. The molecule has 1 aliphatic carbocycles. The van der Waals surface area contributed by atoms with Crippen LogP contribution in [0.2, 0.25) is 0 Å². The number of hydrogen-bond acceptors (Lipinski definition) is 4. The summed E-state index contributed by atoms with van der Waals surface area (Å²) in [6.45, 7) is -0.00367. The highest BCUT2D eigenvalue weighted by Gasteiger charge is 2.32. The minimum atomic E-state index is -0.279. The molecule has 1 saturated carbocycles. The summed E-state index contributed by atoms with van der Waals surface area (Å²) in [5.41, 5.74) is 1.64. The lowest BCUT2D eigenvalue weighted by molar-refractivity contribution is -0.126. The molecule has 140 valence electrons. The van der Waals surface area contributed by atoms with E-state index in [2.05, 4.69) is 26.6 Å². The van der Waals surface area contributed by atoms with Crippen LogP contribution in [0.15, 0.2) is 40.2 Å². The van der Waals surface area contributed by atoms with Crippen LogP contribution in [0.5, 0.6) is 0 Å². The first-order valence-electron chi connectivity index (χ1n) is 8.90. The molecule has 1 fully saturated rings. The van der Waals surface area contributed by atoms with Gasteiger partial charge in [-0.15, -0.1) is 11.3 Å². The number of halogens is 1. The Morgan fingerprint density at radius 1 is 1.15 bits per heavy atom. The number of hydrogen-bond donors (Lipinski definition) is 2. The molecule has 2 atom stereocenters. The number of thiophene rings is 1. The summed E-state index contributed by atoms with van der Waals surface area (Å²) >= 11 is 5.10. The van der Waals surface area contributed by atoms with Crippen molar-refractivity contribution >= 4 is 39.1 Å². The van der Waals surface area contributed by atoms with Gasteiger partial charge in [-0.2, -0.15) is 5.26 Å². The first kappa shape index (κ1) is 19.6. The molecule has 7 heteroatoms. The fourth-order valence-electron chi connectivity index (χ4n) is 3.38. The second-order valence-corrected chi connectivity index (χ2v) is 8.99. The van der Waals surface area contributed by atoms with Crippen LogP contribution >= 0.6 is 27.3 Å². The van der Waals surface area contributed by atoms with E-state index in [0.29, 0.717) is 5.56 Å². The van der Waals surface area contributed by atoms with Crippen LogP contribution in [0, 0.1) is 17.2 Å². The Kier molecular flexibility index (Phi) is 6.64. The lowest BCUT2D eigenvalue weighted by Gasteiger charge is -2.31. The van der Waals surface area contributed by atoms with Crippen molar-refractivity contribution in [2.24, 2.45) is 5.92 Å². The number of carbonyl (C=O) groups excluding carboxylic acids is 2. The van der Waals surface area contributed by atoms with Gasteiger partial charge in [0.25, 0.3) is 5.91 Å². The van der Waals surface area contributed by atoms with Crippen molar-refractivity contribution in [2.45, 2.75) is 31.7 Å². The second-order valence-electron chi connectivity index (χ2n) is 6.53. The molecule has 5 nitrogen and oxygen atoms in total. The number of nitriles is 1. The maximum absolute atomic E-state index is 12.6. The number of carbonyl (C=O) groups is 2. The largest absolute Gasteiger partial charge is 0.349 e. The molecule has 1 heterocycles. The number of rotatable bonds is 5. The van der Waals surface area contributed by atoms with E-state index in [1.165, 1.54) is 0 Å². The summed E-state index contributed by atoms with van der Waals surface area (Å²) in [7, 11) is 0. The first-order chi connectivity index (χ1) is 13.1. The van der Waals surface area contributed by atoms with Crippen LogP contribution in [-0.4, -0.2) is 24.4 Å². The van der Waals surface area contributed by atoms with Gasteiger partial charge in [-0.1, -0.05) is 25.0 Å². The number of amides is 2. The van der Waals surface area contributed by atoms with Crippen molar-refractivity contribution < 1.29 is 9.59 Å². The maximum Gasteiger partial charge on any atom is 0.251 e. The highest BCUT2D eigenvalue weighted by atomic mass is 79.9. The molecule has 0 saturated heterocycles. The summed E-state index contributed by atoms with van der Waals surface area (Å²) in [5.74, 6) is -0.599. The standard InChI is InChI=1S/C20H20BrN3O2S/c21-18-10-9-17(27-18)13-5-7-14(8-6-13)19(25)24-16-4-2-1-3-15(16)20(26)23-12-11-22/h5-10,15-16H,1-4,12H2,(H,23,26)(H,24,25)/t15-,16+/m1/s1. The molecule has 1 aromatic heterocycles. The molecule has 2 N–H and O–H groups in total. The van der Waals surface area contributed by atoms with E-state index in [9.17, 15) is 9.59 Å². The molecule has 0 bridgehead atoms. The van der Waals surface area contributed by atoms with E-state index in [1.807, 2.05) is 42.5 Å². The topological polar surface area (TPSA) is 82.0 Å². The fourth-order valence-corrected chi connectivity index (χ4v) is 4.77.